The van der Waals surface area contributed by atoms with Crippen LogP contribution in [0.25, 0.3) is 0 Å². The van der Waals surface area contributed by atoms with Gasteiger partial charge in [-0.3, -0.25) is 0 Å². The standard InChI is InChI=1S/C16H27N3S/c1-4-17-11(2)15-9-18-16(20-15)19(3)10-14-8-12-5-6-13(14)7-12/h9,11-14,17H,4-8,10H2,1-3H3. The van der Waals surface area contributed by atoms with E-state index in [1.165, 1.54) is 42.2 Å². The topological polar surface area (TPSA) is 28.2 Å². The van der Waals surface area contributed by atoms with Gasteiger partial charge in [0.1, 0.15) is 0 Å². The average molecular weight is 293 g/mol. The quantitative estimate of drug-likeness (QED) is 0.867. The first-order chi connectivity index (χ1) is 9.67. The van der Waals surface area contributed by atoms with Crippen LogP contribution in [0.15, 0.2) is 6.20 Å². The van der Waals surface area contributed by atoms with E-state index in [1.54, 1.807) is 0 Å². The number of rotatable bonds is 6. The van der Waals surface area contributed by atoms with Gasteiger partial charge in [0, 0.05) is 30.7 Å². The fraction of sp³-hybridized carbons (Fsp3) is 0.812. The summed E-state index contributed by atoms with van der Waals surface area (Å²) >= 11 is 1.84. The van der Waals surface area contributed by atoms with Crippen molar-refractivity contribution >= 4 is 16.5 Å². The second-order valence-corrected chi connectivity index (χ2v) is 7.68. The van der Waals surface area contributed by atoms with Gasteiger partial charge in [-0.2, -0.15) is 0 Å². The maximum absolute atomic E-state index is 4.63. The van der Waals surface area contributed by atoms with E-state index in [4.69, 9.17) is 0 Å². The monoisotopic (exact) mass is 293 g/mol. The van der Waals surface area contributed by atoms with E-state index < -0.39 is 0 Å². The van der Waals surface area contributed by atoms with Gasteiger partial charge in [-0.1, -0.05) is 13.3 Å². The Balaban J connectivity index is 1.58. The Kier molecular flexibility index (Phi) is 4.32. The number of thiazole rings is 1. The third-order valence-corrected chi connectivity index (χ3v) is 6.46. The summed E-state index contributed by atoms with van der Waals surface area (Å²) in [6.45, 7) is 6.58. The number of hydrogen-bond acceptors (Lipinski definition) is 4. The summed E-state index contributed by atoms with van der Waals surface area (Å²) in [7, 11) is 2.21. The van der Waals surface area contributed by atoms with Crippen LogP contribution < -0.4 is 10.2 Å². The predicted octanol–water partition coefficient (Wildman–Crippen LogP) is 3.69. The van der Waals surface area contributed by atoms with Crippen LogP contribution in [0.3, 0.4) is 0 Å². The highest BCUT2D eigenvalue weighted by Gasteiger charge is 2.39. The lowest BCUT2D eigenvalue weighted by atomic mass is 9.88. The van der Waals surface area contributed by atoms with Crippen molar-refractivity contribution in [3.8, 4) is 0 Å². The molecule has 3 nitrogen and oxygen atoms in total. The van der Waals surface area contributed by atoms with E-state index in [9.17, 15) is 0 Å². The summed E-state index contributed by atoms with van der Waals surface area (Å²) in [5.74, 6) is 2.96. The Morgan fingerprint density at radius 3 is 2.95 bits per heavy atom. The van der Waals surface area contributed by atoms with Crippen LogP contribution in [0, 0.1) is 17.8 Å². The molecule has 2 aliphatic carbocycles. The first-order valence-corrected chi connectivity index (χ1v) is 8.89. The molecule has 2 fully saturated rings. The van der Waals surface area contributed by atoms with Crippen molar-refractivity contribution in [2.75, 3.05) is 25.0 Å². The summed E-state index contributed by atoms with van der Waals surface area (Å²) in [6.07, 6.45) is 7.97. The van der Waals surface area contributed by atoms with Gasteiger partial charge < -0.3 is 10.2 Å². The lowest BCUT2D eigenvalue weighted by Crippen LogP contribution is -2.28. The highest BCUT2D eigenvalue weighted by atomic mass is 32.1. The number of nitrogens with one attached hydrogen (secondary N) is 1. The van der Waals surface area contributed by atoms with Gasteiger partial charge in [-0.05, 0) is 50.5 Å². The molecule has 0 aromatic carbocycles. The average Bonchev–Trinajstić information content (AvgIpc) is 3.15. The minimum atomic E-state index is 0.419. The van der Waals surface area contributed by atoms with E-state index in [0.717, 1.165) is 24.3 Å². The molecular formula is C16H27N3S. The molecule has 2 saturated carbocycles. The van der Waals surface area contributed by atoms with Gasteiger partial charge in [0.2, 0.25) is 0 Å². The van der Waals surface area contributed by atoms with Crippen molar-refractivity contribution in [3.05, 3.63) is 11.1 Å². The Morgan fingerprint density at radius 2 is 2.30 bits per heavy atom. The van der Waals surface area contributed by atoms with Crippen LogP contribution >= 0.6 is 11.3 Å². The highest BCUT2D eigenvalue weighted by Crippen LogP contribution is 2.48. The Bertz CT molecular complexity index is 445. The van der Waals surface area contributed by atoms with Crippen molar-refractivity contribution in [2.24, 2.45) is 17.8 Å². The van der Waals surface area contributed by atoms with Crippen molar-refractivity contribution < 1.29 is 0 Å². The second-order valence-electron chi connectivity index (χ2n) is 6.64. The number of nitrogens with zero attached hydrogens (tertiary/aromatic N) is 2. The predicted molar refractivity (Wildman–Crippen MR) is 86.4 cm³/mol. The molecule has 2 bridgehead atoms. The van der Waals surface area contributed by atoms with Crippen LogP contribution in [0.1, 0.15) is 50.4 Å². The van der Waals surface area contributed by atoms with Gasteiger partial charge >= 0.3 is 0 Å². The zero-order valence-electron chi connectivity index (χ0n) is 12.9. The fourth-order valence-corrected chi connectivity index (χ4v) is 5.00. The molecule has 0 amide bonds. The minimum absolute atomic E-state index is 0.419. The molecule has 0 radical (unpaired) electrons. The molecule has 1 aromatic heterocycles. The van der Waals surface area contributed by atoms with Gasteiger partial charge in [0.05, 0.1) is 0 Å². The van der Waals surface area contributed by atoms with E-state index in [-0.39, 0.29) is 0 Å². The molecule has 4 atom stereocenters. The van der Waals surface area contributed by atoms with Gasteiger partial charge in [0.25, 0.3) is 0 Å². The van der Waals surface area contributed by atoms with Gasteiger partial charge in [-0.15, -0.1) is 11.3 Å². The summed E-state index contributed by atoms with van der Waals surface area (Å²) in [5, 5.41) is 4.65. The lowest BCUT2D eigenvalue weighted by Gasteiger charge is -2.26. The molecule has 4 unspecified atom stereocenters. The van der Waals surface area contributed by atoms with E-state index in [2.05, 4.69) is 36.1 Å². The highest BCUT2D eigenvalue weighted by molar-refractivity contribution is 7.15. The molecule has 4 heteroatoms. The molecule has 0 saturated heterocycles. The Hall–Kier alpha value is -0.610. The molecule has 1 aromatic rings. The van der Waals surface area contributed by atoms with Crippen LogP contribution in [0.4, 0.5) is 5.13 Å². The normalized spacial score (nSPS) is 29.9. The number of hydrogen-bond donors (Lipinski definition) is 1. The van der Waals surface area contributed by atoms with Crippen LogP contribution in [-0.4, -0.2) is 25.1 Å². The number of anilines is 1. The molecule has 3 rings (SSSR count). The third kappa shape index (κ3) is 2.86. The third-order valence-electron chi connectivity index (χ3n) is 5.17. The Labute approximate surface area is 126 Å². The van der Waals surface area contributed by atoms with Gasteiger partial charge in [-0.25, -0.2) is 4.98 Å². The summed E-state index contributed by atoms with van der Waals surface area (Å²) < 4.78 is 0. The molecular weight excluding hydrogens is 266 g/mol. The van der Waals surface area contributed by atoms with E-state index in [1.807, 2.05) is 17.5 Å². The van der Waals surface area contributed by atoms with E-state index in [0.29, 0.717) is 6.04 Å². The number of fused-ring (bicyclic) bond motifs is 2. The molecule has 112 valence electrons. The van der Waals surface area contributed by atoms with Crippen molar-refractivity contribution in [3.63, 3.8) is 0 Å². The first-order valence-electron chi connectivity index (χ1n) is 8.07. The van der Waals surface area contributed by atoms with Crippen LogP contribution in [0.5, 0.6) is 0 Å². The molecule has 20 heavy (non-hydrogen) atoms. The fourth-order valence-electron chi connectivity index (χ4n) is 4.09. The zero-order valence-corrected chi connectivity index (χ0v) is 13.7. The minimum Gasteiger partial charge on any atom is -0.351 e. The van der Waals surface area contributed by atoms with Crippen LogP contribution in [-0.2, 0) is 0 Å². The summed E-state index contributed by atoms with van der Waals surface area (Å²) in [6, 6.07) is 0.419. The van der Waals surface area contributed by atoms with Gasteiger partial charge in [0.15, 0.2) is 5.13 Å². The molecule has 1 N–H and O–H groups in total. The zero-order chi connectivity index (χ0) is 14.1. The smallest absolute Gasteiger partial charge is 0.185 e. The van der Waals surface area contributed by atoms with E-state index >= 15 is 0 Å². The largest absolute Gasteiger partial charge is 0.351 e. The van der Waals surface area contributed by atoms with Crippen molar-refractivity contribution in [2.45, 2.75) is 45.6 Å². The lowest BCUT2D eigenvalue weighted by molar-refractivity contribution is 0.337. The molecule has 0 aliphatic heterocycles. The summed E-state index contributed by atoms with van der Waals surface area (Å²) in [5.41, 5.74) is 0. The first kappa shape index (κ1) is 14.3. The van der Waals surface area contributed by atoms with Crippen LogP contribution in [0.2, 0.25) is 0 Å². The Morgan fingerprint density at radius 1 is 1.45 bits per heavy atom. The van der Waals surface area contributed by atoms with Crippen molar-refractivity contribution in [1.82, 2.24) is 10.3 Å². The second kappa shape index (κ2) is 6.02. The molecule has 1 heterocycles. The SMILES string of the molecule is CCNC(C)c1cnc(N(C)CC2CC3CCC2C3)s1. The molecule has 0 spiro atoms. The van der Waals surface area contributed by atoms with Crippen molar-refractivity contribution in [1.29, 1.82) is 0 Å². The molecule has 2 aliphatic rings. The summed E-state index contributed by atoms with van der Waals surface area (Å²) in [4.78, 5) is 8.36. The maximum Gasteiger partial charge on any atom is 0.185 e. The number of aromatic nitrogens is 1. The maximum atomic E-state index is 4.63.